The molecule has 2 atom stereocenters. The molecule has 2 heterocycles. The lowest BCUT2D eigenvalue weighted by Gasteiger charge is -2.33. The number of ether oxygens (including phenoxy) is 1. The maximum atomic E-state index is 14.9. The molecule has 2 unspecified atom stereocenters. The van der Waals surface area contributed by atoms with E-state index in [0.717, 1.165) is 19.4 Å². The van der Waals surface area contributed by atoms with Gasteiger partial charge in [0.1, 0.15) is 11.9 Å². The highest BCUT2D eigenvalue weighted by atomic mass is 19.1. The number of benzene rings is 1. The zero-order valence-electron chi connectivity index (χ0n) is 17.1. The molecule has 3 rings (SSSR count). The minimum absolute atomic E-state index is 0.133. The number of amides is 2. The number of halogens is 1. The maximum Gasteiger partial charge on any atom is 0.414 e. The van der Waals surface area contributed by atoms with Gasteiger partial charge in [0, 0.05) is 34.1 Å². The Morgan fingerprint density at radius 1 is 1.41 bits per heavy atom. The molecule has 2 saturated heterocycles. The van der Waals surface area contributed by atoms with Gasteiger partial charge in [-0.25, -0.2) is 9.18 Å². The molecule has 1 N–H and O–H groups in total. The average Bonchev–Trinajstić information content (AvgIpc) is 3.05. The van der Waals surface area contributed by atoms with Crippen LogP contribution in [0.2, 0.25) is 0 Å². The monoisotopic (exact) mass is 405 g/mol. The summed E-state index contributed by atoms with van der Waals surface area (Å²) in [6.45, 7) is 3.34. The van der Waals surface area contributed by atoms with Crippen molar-refractivity contribution in [3.63, 3.8) is 0 Å². The van der Waals surface area contributed by atoms with Crippen molar-refractivity contribution in [2.24, 2.45) is 4.99 Å². The van der Waals surface area contributed by atoms with E-state index in [0.29, 0.717) is 17.9 Å². The molecule has 2 aliphatic heterocycles. The summed E-state index contributed by atoms with van der Waals surface area (Å²) in [5, 5.41) is 2.63. The summed E-state index contributed by atoms with van der Waals surface area (Å²) in [6, 6.07) is 4.93. The van der Waals surface area contributed by atoms with Gasteiger partial charge in [-0.05, 0) is 31.0 Å². The van der Waals surface area contributed by atoms with Crippen LogP contribution >= 0.6 is 0 Å². The molecule has 0 radical (unpaired) electrons. The zero-order valence-corrected chi connectivity index (χ0v) is 17.1. The number of hydrogen-bond acceptors (Lipinski definition) is 5. The van der Waals surface area contributed by atoms with Crippen LogP contribution in [-0.4, -0.2) is 75.7 Å². The summed E-state index contributed by atoms with van der Waals surface area (Å²) >= 11 is 0. The second-order valence-electron chi connectivity index (χ2n) is 7.66. The van der Waals surface area contributed by atoms with E-state index in [1.165, 1.54) is 17.9 Å². The number of anilines is 2. The average molecular weight is 405 g/mol. The number of piperidine rings is 1. The Morgan fingerprint density at radius 3 is 2.90 bits per heavy atom. The van der Waals surface area contributed by atoms with Crippen molar-refractivity contribution >= 4 is 29.7 Å². The fourth-order valence-electron chi connectivity index (χ4n) is 3.54. The number of carbonyl (C=O) groups is 2. The second-order valence-corrected chi connectivity index (χ2v) is 7.66. The van der Waals surface area contributed by atoms with Crippen molar-refractivity contribution in [2.75, 3.05) is 50.1 Å². The largest absolute Gasteiger partial charge is 0.442 e. The first kappa shape index (κ1) is 20.9. The highest BCUT2D eigenvalue weighted by molar-refractivity contribution is 5.90. The lowest BCUT2D eigenvalue weighted by atomic mass is 10.1. The van der Waals surface area contributed by atoms with Crippen LogP contribution in [0.25, 0.3) is 0 Å². The van der Waals surface area contributed by atoms with Gasteiger partial charge in [0.15, 0.2) is 0 Å². The van der Waals surface area contributed by atoms with Gasteiger partial charge in [0.2, 0.25) is 5.91 Å². The summed E-state index contributed by atoms with van der Waals surface area (Å²) in [5.41, 5.74) is 0.960. The molecule has 0 bridgehead atoms. The molecule has 0 spiro atoms. The summed E-state index contributed by atoms with van der Waals surface area (Å²) in [4.78, 5) is 33.0. The highest BCUT2D eigenvalue weighted by Gasteiger charge is 2.33. The Kier molecular flexibility index (Phi) is 6.56. The standard InChI is InChI=1S/C20H28FN5O3/c1-14(27)22-10-17-12-26(20(28)29-17)16-6-7-19(18(21)9-16)25-8-4-5-15(11-25)23-13-24(2)3/h6-7,9,13,15,17H,4-5,8,10-12H2,1-3H3,(H,22,27)/b23-13+. The van der Waals surface area contributed by atoms with E-state index in [4.69, 9.17) is 4.74 Å². The van der Waals surface area contributed by atoms with E-state index >= 15 is 0 Å². The Morgan fingerprint density at radius 2 is 2.21 bits per heavy atom. The van der Waals surface area contributed by atoms with Gasteiger partial charge in [0.05, 0.1) is 36.8 Å². The lowest BCUT2D eigenvalue weighted by Crippen LogP contribution is -2.38. The van der Waals surface area contributed by atoms with Crippen LogP contribution in [0, 0.1) is 5.82 Å². The predicted octanol–water partition coefficient (Wildman–Crippen LogP) is 1.85. The molecular weight excluding hydrogens is 377 g/mol. The normalized spacial score (nSPS) is 22.1. The molecule has 2 amide bonds. The zero-order chi connectivity index (χ0) is 21.0. The fraction of sp³-hybridized carbons (Fsp3) is 0.550. The van der Waals surface area contributed by atoms with Gasteiger partial charge < -0.3 is 19.9 Å². The third-order valence-electron chi connectivity index (χ3n) is 4.94. The Balaban J connectivity index is 1.67. The Bertz CT molecular complexity index is 785. The second kappa shape index (κ2) is 9.11. The minimum Gasteiger partial charge on any atom is -0.442 e. The molecule has 0 saturated carbocycles. The van der Waals surface area contributed by atoms with E-state index in [1.807, 2.05) is 23.9 Å². The summed E-state index contributed by atoms with van der Waals surface area (Å²) in [7, 11) is 3.85. The molecule has 2 fully saturated rings. The minimum atomic E-state index is -0.538. The SMILES string of the molecule is CC(=O)NCC1CN(c2ccc(N3CCCC(/N=C/N(C)C)C3)c(F)c2)C(=O)O1. The van der Waals surface area contributed by atoms with Crippen LogP contribution in [0.3, 0.4) is 0 Å². The number of aliphatic imine (C=N–C) groups is 1. The van der Waals surface area contributed by atoms with Gasteiger partial charge >= 0.3 is 6.09 Å². The highest BCUT2D eigenvalue weighted by Crippen LogP contribution is 2.29. The van der Waals surface area contributed by atoms with Crippen LogP contribution in [0.1, 0.15) is 19.8 Å². The summed E-state index contributed by atoms with van der Waals surface area (Å²) < 4.78 is 20.1. The van der Waals surface area contributed by atoms with E-state index in [1.54, 1.807) is 18.5 Å². The smallest absolute Gasteiger partial charge is 0.414 e. The Labute approximate surface area is 170 Å². The van der Waals surface area contributed by atoms with Gasteiger partial charge in [-0.3, -0.25) is 14.7 Å². The number of cyclic esters (lactones) is 1. The molecule has 29 heavy (non-hydrogen) atoms. The molecule has 158 valence electrons. The van der Waals surface area contributed by atoms with E-state index < -0.39 is 12.2 Å². The van der Waals surface area contributed by atoms with Gasteiger partial charge in [-0.15, -0.1) is 0 Å². The van der Waals surface area contributed by atoms with E-state index in [2.05, 4.69) is 10.3 Å². The van der Waals surface area contributed by atoms with Crippen LogP contribution in [-0.2, 0) is 9.53 Å². The lowest BCUT2D eigenvalue weighted by molar-refractivity contribution is -0.119. The number of nitrogens with one attached hydrogen (secondary N) is 1. The van der Waals surface area contributed by atoms with Gasteiger partial charge in [-0.1, -0.05) is 0 Å². The molecule has 8 nitrogen and oxygen atoms in total. The van der Waals surface area contributed by atoms with Crippen molar-refractivity contribution in [3.8, 4) is 0 Å². The summed E-state index contributed by atoms with van der Waals surface area (Å²) in [5.74, 6) is -0.567. The van der Waals surface area contributed by atoms with Crippen molar-refractivity contribution in [1.82, 2.24) is 10.2 Å². The van der Waals surface area contributed by atoms with Crippen LogP contribution in [0.15, 0.2) is 23.2 Å². The number of carbonyl (C=O) groups excluding carboxylic acids is 2. The molecule has 1 aromatic rings. The van der Waals surface area contributed by atoms with Crippen LogP contribution in [0.5, 0.6) is 0 Å². The summed E-state index contributed by atoms with van der Waals surface area (Å²) in [6.07, 6.45) is 2.73. The van der Waals surface area contributed by atoms with E-state index in [-0.39, 0.29) is 30.9 Å². The topological polar surface area (TPSA) is 77.5 Å². The maximum absolute atomic E-state index is 14.9. The first-order valence-corrected chi connectivity index (χ1v) is 9.80. The molecule has 2 aliphatic rings. The molecule has 1 aromatic carbocycles. The number of hydrogen-bond donors (Lipinski definition) is 1. The molecular formula is C20H28FN5O3. The third kappa shape index (κ3) is 5.36. The predicted molar refractivity (Wildman–Crippen MR) is 110 cm³/mol. The first-order valence-electron chi connectivity index (χ1n) is 9.80. The van der Waals surface area contributed by atoms with Crippen molar-refractivity contribution in [1.29, 1.82) is 0 Å². The molecule has 0 aromatic heterocycles. The molecule has 9 heteroatoms. The number of rotatable bonds is 6. The van der Waals surface area contributed by atoms with Crippen LogP contribution < -0.4 is 15.1 Å². The quantitative estimate of drug-likeness (QED) is 0.577. The van der Waals surface area contributed by atoms with Crippen LogP contribution in [0.4, 0.5) is 20.6 Å². The third-order valence-corrected chi connectivity index (χ3v) is 4.94. The fourth-order valence-corrected chi connectivity index (χ4v) is 3.54. The number of nitrogens with zero attached hydrogens (tertiary/aromatic N) is 4. The first-order chi connectivity index (χ1) is 13.8. The van der Waals surface area contributed by atoms with Gasteiger partial charge in [0.25, 0.3) is 0 Å². The van der Waals surface area contributed by atoms with Crippen molar-refractivity contribution < 1.29 is 18.7 Å². The Hall–Kier alpha value is -2.84. The van der Waals surface area contributed by atoms with Gasteiger partial charge in [-0.2, -0.15) is 0 Å². The molecule has 0 aliphatic carbocycles. The van der Waals surface area contributed by atoms with Crippen molar-refractivity contribution in [3.05, 3.63) is 24.0 Å². The van der Waals surface area contributed by atoms with Crippen molar-refractivity contribution in [2.45, 2.75) is 31.9 Å². The van der Waals surface area contributed by atoms with E-state index in [9.17, 15) is 14.0 Å².